The van der Waals surface area contributed by atoms with Crippen LogP contribution in [0, 0.1) is 0 Å². The van der Waals surface area contributed by atoms with E-state index in [1.54, 1.807) is 0 Å². The first-order valence-electron chi connectivity index (χ1n) is 6.03. The summed E-state index contributed by atoms with van der Waals surface area (Å²) in [7, 11) is -0.754. The molecule has 0 spiro atoms. The first-order valence-corrected chi connectivity index (χ1v) is 7.40. The van der Waals surface area contributed by atoms with Gasteiger partial charge in [0.2, 0.25) is 0 Å². The molecule has 0 saturated carbocycles. The Morgan fingerprint density at radius 1 is 0.750 bits per heavy atom. The van der Waals surface area contributed by atoms with Crippen LogP contribution in [-0.4, -0.2) is 45.8 Å². The summed E-state index contributed by atoms with van der Waals surface area (Å²) >= 11 is 0. The largest absolute Gasteiger partial charge is 0.379 e. The van der Waals surface area contributed by atoms with Crippen molar-refractivity contribution in [2.45, 2.75) is 27.2 Å². The molecule has 0 unspecified atom stereocenters. The zero-order valence-corrected chi connectivity index (χ0v) is 11.6. The molecule has 0 aromatic heterocycles. The van der Waals surface area contributed by atoms with Crippen LogP contribution in [-0.2, 0) is 18.5 Å². The molecule has 0 rings (SSSR count). The van der Waals surface area contributed by atoms with Crippen molar-refractivity contribution in [3.8, 4) is 0 Å². The summed E-state index contributed by atoms with van der Waals surface area (Å²) in [6.07, 6.45) is 1.89. The van der Waals surface area contributed by atoms with E-state index in [2.05, 4.69) is 6.92 Å². The molecule has 4 nitrogen and oxygen atoms in total. The van der Waals surface area contributed by atoms with Crippen LogP contribution >= 0.6 is 8.38 Å². The van der Waals surface area contributed by atoms with Gasteiger partial charge in [-0.1, -0.05) is 6.92 Å². The lowest BCUT2D eigenvalue weighted by Gasteiger charge is -2.15. The predicted molar refractivity (Wildman–Crippen MR) is 67.0 cm³/mol. The topological polar surface area (TPSA) is 36.9 Å². The van der Waals surface area contributed by atoms with Crippen molar-refractivity contribution >= 4 is 8.38 Å². The van der Waals surface area contributed by atoms with E-state index >= 15 is 0 Å². The van der Waals surface area contributed by atoms with E-state index < -0.39 is 8.38 Å². The predicted octanol–water partition coefficient (Wildman–Crippen LogP) is 2.81. The van der Waals surface area contributed by atoms with Crippen LogP contribution < -0.4 is 0 Å². The van der Waals surface area contributed by atoms with Crippen molar-refractivity contribution in [1.82, 2.24) is 0 Å². The van der Waals surface area contributed by atoms with Crippen LogP contribution in [0.4, 0.5) is 0 Å². The zero-order chi connectivity index (χ0) is 12.1. The molecular formula is C11H25O4P. The first-order chi connectivity index (χ1) is 7.85. The van der Waals surface area contributed by atoms with Gasteiger partial charge in [0.25, 0.3) is 0 Å². The van der Waals surface area contributed by atoms with Gasteiger partial charge in [0.1, 0.15) is 0 Å². The highest BCUT2D eigenvalue weighted by molar-refractivity contribution is 7.47. The van der Waals surface area contributed by atoms with Crippen molar-refractivity contribution in [2.24, 2.45) is 0 Å². The third-order valence-corrected chi connectivity index (χ3v) is 3.32. The van der Waals surface area contributed by atoms with Crippen LogP contribution in [0.15, 0.2) is 0 Å². The van der Waals surface area contributed by atoms with Crippen LogP contribution in [0.25, 0.3) is 0 Å². The number of hydrogen-bond donors (Lipinski definition) is 0. The second-order valence-corrected chi connectivity index (χ2v) is 4.75. The van der Waals surface area contributed by atoms with E-state index in [9.17, 15) is 0 Å². The summed E-state index contributed by atoms with van der Waals surface area (Å²) in [5.74, 6) is 0. The van der Waals surface area contributed by atoms with Crippen molar-refractivity contribution < 1.29 is 18.5 Å². The van der Waals surface area contributed by atoms with Crippen molar-refractivity contribution in [1.29, 1.82) is 0 Å². The smallest absolute Gasteiger partial charge is 0.172 e. The fourth-order valence-corrected chi connectivity index (χ4v) is 2.25. The maximum absolute atomic E-state index is 5.46. The molecule has 0 aromatic rings. The lowest BCUT2D eigenvalue weighted by Crippen LogP contribution is -2.08. The van der Waals surface area contributed by atoms with E-state index in [-0.39, 0.29) is 0 Å². The van der Waals surface area contributed by atoms with E-state index in [0.717, 1.165) is 19.2 Å². The Bertz CT molecular complexity index is 129. The summed E-state index contributed by atoms with van der Waals surface area (Å²) in [5, 5.41) is 0. The third kappa shape index (κ3) is 10.8. The molecule has 0 aliphatic rings. The van der Waals surface area contributed by atoms with Gasteiger partial charge in [0.15, 0.2) is 8.38 Å². The second kappa shape index (κ2) is 13.3. The molecule has 0 heterocycles. The third-order valence-electron chi connectivity index (χ3n) is 1.68. The Morgan fingerprint density at radius 3 is 1.81 bits per heavy atom. The van der Waals surface area contributed by atoms with E-state index in [1.807, 2.05) is 13.8 Å². The molecule has 0 saturated heterocycles. The minimum absolute atomic E-state index is 0.654. The average Bonchev–Trinajstić information content (AvgIpc) is 2.28. The van der Waals surface area contributed by atoms with Gasteiger partial charge in [-0.2, -0.15) is 0 Å². The van der Waals surface area contributed by atoms with Gasteiger partial charge in [-0.15, -0.1) is 0 Å². The first kappa shape index (κ1) is 16.3. The minimum Gasteiger partial charge on any atom is -0.379 e. The van der Waals surface area contributed by atoms with Crippen LogP contribution in [0.2, 0.25) is 0 Å². The molecule has 0 atom stereocenters. The lowest BCUT2D eigenvalue weighted by molar-refractivity contribution is 0.0528. The molecular weight excluding hydrogens is 227 g/mol. The van der Waals surface area contributed by atoms with E-state index in [0.29, 0.717) is 33.0 Å². The molecule has 5 heteroatoms. The Kier molecular flexibility index (Phi) is 13.6. The van der Waals surface area contributed by atoms with E-state index in [1.165, 1.54) is 0 Å². The number of hydrogen-bond acceptors (Lipinski definition) is 4. The van der Waals surface area contributed by atoms with Crippen molar-refractivity contribution in [3.05, 3.63) is 0 Å². The highest BCUT2D eigenvalue weighted by Crippen LogP contribution is 2.37. The zero-order valence-electron chi connectivity index (χ0n) is 10.7. The van der Waals surface area contributed by atoms with Gasteiger partial charge in [0.05, 0.1) is 33.0 Å². The molecule has 0 bridgehead atoms. The fraction of sp³-hybridized carbons (Fsp3) is 1.00. The molecule has 0 aromatic carbocycles. The molecule has 0 fully saturated rings. The molecule has 0 amide bonds. The Labute approximate surface area is 101 Å². The van der Waals surface area contributed by atoms with Gasteiger partial charge in [0, 0.05) is 12.8 Å². The van der Waals surface area contributed by atoms with E-state index in [4.69, 9.17) is 18.5 Å². The highest BCUT2D eigenvalue weighted by Gasteiger charge is 2.08. The maximum Gasteiger partial charge on any atom is 0.172 e. The monoisotopic (exact) mass is 252 g/mol. The maximum atomic E-state index is 5.46. The summed E-state index contributed by atoms with van der Waals surface area (Å²) in [5.41, 5.74) is 0. The standard InChI is InChI=1S/C11H25O4P/c1-4-7-12-8-9-13-10-11-16(14-5-2)15-6-3/h4-11H2,1-3H3. The molecule has 0 aliphatic heterocycles. The highest BCUT2D eigenvalue weighted by atomic mass is 31.2. The Hall–Kier alpha value is 0.270. The van der Waals surface area contributed by atoms with Crippen LogP contribution in [0.3, 0.4) is 0 Å². The number of rotatable bonds is 12. The average molecular weight is 252 g/mol. The van der Waals surface area contributed by atoms with Crippen LogP contribution in [0.1, 0.15) is 27.2 Å². The van der Waals surface area contributed by atoms with Crippen molar-refractivity contribution in [3.63, 3.8) is 0 Å². The molecule has 0 aliphatic carbocycles. The summed E-state index contributed by atoms with van der Waals surface area (Å²) in [6.45, 7) is 10.3. The Morgan fingerprint density at radius 2 is 1.31 bits per heavy atom. The molecule has 0 N–H and O–H groups in total. The Balaban J connectivity index is 3.25. The normalized spacial score (nSPS) is 11.2. The SMILES string of the molecule is CCCOCCOCCP(OCC)OCC. The fourth-order valence-electron chi connectivity index (χ4n) is 1.06. The molecule has 98 valence electrons. The number of ether oxygens (including phenoxy) is 2. The lowest BCUT2D eigenvalue weighted by atomic mass is 10.5. The summed E-state index contributed by atoms with van der Waals surface area (Å²) < 4.78 is 21.7. The summed E-state index contributed by atoms with van der Waals surface area (Å²) in [4.78, 5) is 0. The van der Waals surface area contributed by atoms with Crippen molar-refractivity contribution in [2.75, 3.05) is 45.8 Å². The van der Waals surface area contributed by atoms with Gasteiger partial charge < -0.3 is 18.5 Å². The quantitative estimate of drug-likeness (QED) is 0.395. The van der Waals surface area contributed by atoms with Crippen LogP contribution in [0.5, 0.6) is 0 Å². The van der Waals surface area contributed by atoms with Gasteiger partial charge in [-0.3, -0.25) is 0 Å². The van der Waals surface area contributed by atoms with Gasteiger partial charge in [-0.25, -0.2) is 0 Å². The molecule has 0 radical (unpaired) electrons. The van der Waals surface area contributed by atoms with Gasteiger partial charge in [-0.05, 0) is 20.3 Å². The molecule has 16 heavy (non-hydrogen) atoms. The minimum atomic E-state index is -0.754. The summed E-state index contributed by atoms with van der Waals surface area (Å²) in [6, 6.07) is 0. The second-order valence-electron chi connectivity index (χ2n) is 3.12. The van der Waals surface area contributed by atoms with Gasteiger partial charge >= 0.3 is 0 Å².